The molecule has 4 heteroatoms. The molecule has 2 unspecified atom stereocenters. The summed E-state index contributed by atoms with van der Waals surface area (Å²) >= 11 is 0. The molecule has 1 saturated carbocycles. The van der Waals surface area contributed by atoms with Gasteiger partial charge in [0.05, 0.1) is 5.60 Å². The van der Waals surface area contributed by atoms with Gasteiger partial charge < -0.3 is 10.0 Å². The Bertz CT molecular complexity index is 529. The molecule has 1 aromatic heterocycles. The second kappa shape index (κ2) is 5.98. The van der Waals surface area contributed by atoms with Crippen LogP contribution in [0.3, 0.4) is 0 Å². The van der Waals surface area contributed by atoms with Crippen LogP contribution in [0.25, 0.3) is 6.08 Å². The minimum atomic E-state index is -0.526. The van der Waals surface area contributed by atoms with Gasteiger partial charge in [0.25, 0.3) is 0 Å². The van der Waals surface area contributed by atoms with Gasteiger partial charge in [0.2, 0.25) is 5.91 Å². The van der Waals surface area contributed by atoms with E-state index in [9.17, 15) is 9.90 Å². The predicted molar refractivity (Wildman–Crippen MR) is 81.4 cm³/mol. The average molecular weight is 286 g/mol. The van der Waals surface area contributed by atoms with Crippen LogP contribution in [0, 0.1) is 5.92 Å². The summed E-state index contributed by atoms with van der Waals surface area (Å²) in [5.74, 6) is 0.280. The Morgan fingerprint density at radius 1 is 1.43 bits per heavy atom. The monoisotopic (exact) mass is 286 g/mol. The van der Waals surface area contributed by atoms with Gasteiger partial charge in [-0.05, 0) is 37.0 Å². The summed E-state index contributed by atoms with van der Waals surface area (Å²) in [5, 5.41) is 10.6. The van der Waals surface area contributed by atoms with Crippen molar-refractivity contribution in [3.8, 4) is 0 Å². The lowest BCUT2D eigenvalue weighted by atomic mass is 9.71. The van der Waals surface area contributed by atoms with Crippen LogP contribution >= 0.6 is 0 Å². The molecule has 2 heterocycles. The summed E-state index contributed by atoms with van der Waals surface area (Å²) in [4.78, 5) is 18.2. The highest BCUT2D eigenvalue weighted by Crippen LogP contribution is 2.39. The van der Waals surface area contributed by atoms with Crippen LogP contribution in [-0.4, -0.2) is 39.6 Å². The van der Waals surface area contributed by atoms with E-state index in [0.29, 0.717) is 19.5 Å². The van der Waals surface area contributed by atoms with Gasteiger partial charge >= 0.3 is 0 Å². The molecule has 112 valence electrons. The number of likely N-dealkylation sites (tertiary alicyclic amines) is 1. The van der Waals surface area contributed by atoms with Crippen LogP contribution < -0.4 is 0 Å². The van der Waals surface area contributed by atoms with Gasteiger partial charge in [-0.3, -0.25) is 9.78 Å². The van der Waals surface area contributed by atoms with Gasteiger partial charge in [0.1, 0.15) is 0 Å². The van der Waals surface area contributed by atoms with E-state index < -0.39 is 5.60 Å². The maximum atomic E-state index is 12.3. The molecule has 0 radical (unpaired) electrons. The highest BCUT2D eigenvalue weighted by Gasteiger charge is 2.43. The summed E-state index contributed by atoms with van der Waals surface area (Å²) in [6, 6.07) is 3.78. The summed E-state index contributed by atoms with van der Waals surface area (Å²) < 4.78 is 0. The Labute approximate surface area is 125 Å². The fourth-order valence-electron chi connectivity index (χ4n) is 3.52. The number of amides is 1. The fourth-order valence-corrected chi connectivity index (χ4v) is 3.52. The van der Waals surface area contributed by atoms with Crippen molar-refractivity contribution in [2.24, 2.45) is 5.92 Å². The van der Waals surface area contributed by atoms with E-state index in [1.165, 1.54) is 6.42 Å². The van der Waals surface area contributed by atoms with E-state index in [1.807, 2.05) is 17.0 Å². The zero-order valence-electron chi connectivity index (χ0n) is 12.2. The van der Waals surface area contributed by atoms with Crippen LogP contribution in [0.15, 0.2) is 30.6 Å². The van der Waals surface area contributed by atoms with Gasteiger partial charge in [0.15, 0.2) is 0 Å². The standard InChI is InChI=1S/C17H22N2O2/c20-16(7-6-14-4-3-10-18-12-14)19-11-9-17(21)8-2-1-5-15(17)13-19/h3-4,6-7,10,12,15,21H,1-2,5,8-9,11,13H2/b7-6+. The Balaban J connectivity index is 1.62. The van der Waals surface area contributed by atoms with Crippen molar-refractivity contribution in [2.45, 2.75) is 37.7 Å². The Morgan fingerprint density at radius 3 is 3.14 bits per heavy atom. The number of carbonyl (C=O) groups excluding carboxylic acids is 1. The van der Waals surface area contributed by atoms with Gasteiger partial charge in [-0.1, -0.05) is 18.9 Å². The number of aromatic nitrogens is 1. The molecule has 0 spiro atoms. The lowest BCUT2D eigenvalue weighted by molar-refractivity contribution is -0.138. The number of fused-ring (bicyclic) bond motifs is 1. The number of carbonyl (C=O) groups is 1. The molecule has 0 aromatic carbocycles. The number of piperidine rings is 1. The molecule has 2 atom stereocenters. The summed E-state index contributed by atoms with van der Waals surface area (Å²) in [6.07, 6.45) is 11.8. The molecule has 2 fully saturated rings. The van der Waals surface area contributed by atoms with Gasteiger partial charge in [-0.15, -0.1) is 0 Å². The number of pyridine rings is 1. The number of hydrogen-bond donors (Lipinski definition) is 1. The Morgan fingerprint density at radius 2 is 2.33 bits per heavy atom. The highest BCUT2D eigenvalue weighted by atomic mass is 16.3. The first-order chi connectivity index (χ1) is 10.2. The summed E-state index contributed by atoms with van der Waals surface area (Å²) in [6.45, 7) is 1.34. The lowest BCUT2D eigenvalue weighted by Gasteiger charge is -2.47. The zero-order valence-corrected chi connectivity index (χ0v) is 12.2. The minimum absolute atomic E-state index is 0.0338. The van der Waals surface area contributed by atoms with E-state index in [0.717, 1.165) is 24.8 Å². The molecule has 1 saturated heterocycles. The summed E-state index contributed by atoms with van der Waals surface area (Å²) in [7, 11) is 0. The third-order valence-corrected chi connectivity index (χ3v) is 4.84. The van der Waals surface area contributed by atoms with Gasteiger partial charge in [-0.25, -0.2) is 0 Å². The first kappa shape index (κ1) is 14.3. The largest absolute Gasteiger partial charge is 0.389 e. The van der Waals surface area contributed by atoms with Gasteiger partial charge in [0, 0.05) is 37.5 Å². The van der Waals surface area contributed by atoms with Crippen LogP contribution in [-0.2, 0) is 4.79 Å². The third kappa shape index (κ3) is 3.16. The molecule has 3 rings (SSSR count). The zero-order chi connectivity index (χ0) is 14.7. The van der Waals surface area contributed by atoms with Crippen molar-refractivity contribution in [1.29, 1.82) is 0 Å². The van der Waals surface area contributed by atoms with Crippen molar-refractivity contribution in [2.75, 3.05) is 13.1 Å². The van der Waals surface area contributed by atoms with Gasteiger partial charge in [-0.2, -0.15) is 0 Å². The molecule has 1 amide bonds. The van der Waals surface area contributed by atoms with Crippen molar-refractivity contribution < 1.29 is 9.90 Å². The van der Waals surface area contributed by atoms with E-state index in [-0.39, 0.29) is 11.8 Å². The maximum absolute atomic E-state index is 12.3. The molecule has 1 aromatic rings. The molecule has 21 heavy (non-hydrogen) atoms. The summed E-state index contributed by atoms with van der Waals surface area (Å²) in [5.41, 5.74) is 0.402. The molecule has 1 N–H and O–H groups in total. The average Bonchev–Trinajstić information content (AvgIpc) is 2.52. The smallest absolute Gasteiger partial charge is 0.246 e. The second-order valence-electron chi connectivity index (χ2n) is 6.20. The van der Waals surface area contributed by atoms with E-state index in [1.54, 1.807) is 24.5 Å². The van der Waals surface area contributed by atoms with Crippen molar-refractivity contribution >= 4 is 12.0 Å². The normalized spacial score (nSPS) is 29.4. The van der Waals surface area contributed by atoms with E-state index >= 15 is 0 Å². The number of aliphatic hydroxyl groups is 1. The highest BCUT2D eigenvalue weighted by molar-refractivity contribution is 5.91. The predicted octanol–water partition coefficient (Wildman–Crippen LogP) is 2.25. The van der Waals surface area contributed by atoms with Crippen LogP contribution in [0.4, 0.5) is 0 Å². The lowest BCUT2D eigenvalue weighted by Crippen LogP contribution is -2.54. The number of nitrogens with zero attached hydrogens (tertiary/aromatic N) is 2. The molecular formula is C17H22N2O2. The third-order valence-electron chi connectivity index (χ3n) is 4.84. The molecule has 1 aliphatic carbocycles. The molecule has 2 aliphatic rings. The topological polar surface area (TPSA) is 53.4 Å². The molecule has 4 nitrogen and oxygen atoms in total. The van der Waals surface area contributed by atoms with Crippen molar-refractivity contribution in [3.63, 3.8) is 0 Å². The van der Waals surface area contributed by atoms with Crippen LogP contribution in [0.1, 0.15) is 37.7 Å². The quantitative estimate of drug-likeness (QED) is 0.848. The minimum Gasteiger partial charge on any atom is -0.389 e. The number of hydrogen-bond acceptors (Lipinski definition) is 3. The first-order valence-corrected chi connectivity index (χ1v) is 7.77. The Kier molecular flexibility index (Phi) is 4.06. The van der Waals surface area contributed by atoms with E-state index in [2.05, 4.69) is 4.98 Å². The second-order valence-corrected chi connectivity index (χ2v) is 6.20. The maximum Gasteiger partial charge on any atom is 0.246 e. The first-order valence-electron chi connectivity index (χ1n) is 7.77. The van der Waals surface area contributed by atoms with Crippen molar-refractivity contribution in [3.05, 3.63) is 36.2 Å². The molecule has 0 bridgehead atoms. The van der Waals surface area contributed by atoms with Crippen LogP contribution in [0.2, 0.25) is 0 Å². The Hall–Kier alpha value is -1.68. The fraction of sp³-hybridized carbons (Fsp3) is 0.529. The van der Waals surface area contributed by atoms with E-state index in [4.69, 9.17) is 0 Å². The molecule has 1 aliphatic heterocycles. The van der Waals surface area contributed by atoms with Crippen LogP contribution in [0.5, 0.6) is 0 Å². The molecular weight excluding hydrogens is 264 g/mol. The SMILES string of the molecule is O=C(/C=C/c1cccnc1)N1CCC2(O)CCCCC2C1. The number of rotatable bonds is 2. The van der Waals surface area contributed by atoms with Crippen molar-refractivity contribution in [1.82, 2.24) is 9.88 Å².